The third-order valence-electron chi connectivity index (χ3n) is 6.06. The number of ether oxygens (including phenoxy) is 1. The number of piperazine rings is 1. The van der Waals surface area contributed by atoms with E-state index in [1.165, 1.54) is 11.3 Å². The van der Waals surface area contributed by atoms with Crippen LogP contribution in [0.25, 0.3) is 11.2 Å². The summed E-state index contributed by atoms with van der Waals surface area (Å²) in [5, 5.41) is 2.95. The number of carbonyl (C=O) groups is 1. The Hall–Kier alpha value is -3.13. The minimum absolute atomic E-state index is 0.177. The number of carbonyl (C=O) groups excluding carboxylic acids is 1. The summed E-state index contributed by atoms with van der Waals surface area (Å²) in [6, 6.07) is 10.1. The first-order valence-electron chi connectivity index (χ1n) is 11.1. The van der Waals surface area contributed by atoms with E-state index < -0.39 is 0 Å². The van der Waals surface area contributed by atoms with Gasteiger partial charge in [0.25, 0.3) is 5.91 Å². The largest absolute Gasteiger partial charge is 0.491 e. The van der Waals surface area contributed by atoms with E-state index in [1.54, 1.807) is 6.20 Å². The number of nitrogens with zero attached hydrogens (tertiary/aromatic N) is 4. The Morgan fingerprint density at radius 2 is 2.03 bits per heavy atom. The molecular formula is C23H28N6O2. The Morgan fingerprint density at radius 1 is 1.13 bits per heavy atom. The zero-order chi connectivity index (χ0) is 21.0. The van der Waals surface area contributed by atoms with Crippen molar-refractivity contribution in [2.75, 3.05) is 50.8 Å². The number of anilines is 1. The molecule has 1 aromatic carbocycles. The molecule has 1 amide bonds. The van der Waals surface area contributed by atoms with Gasteiger partial charge in [0.1, 0.15) is 11.3 Å². The van der Waals surface area contributed by atoms with Gasteiger partial charge in [0.15, 0.2) is 11.5 Å². The number of rotatable bonds is 7. The van der Waals surface area contributed by atoms with Crippen molar-refractivity contribution in [2.45, 2.75) is 19.3 Å². The van der Waals surface area contributed by atoms with Crippen molar-refractivity contribution >= 4 is 22.8 Å². The molecule has 2 aromatic heterocycles. The lowest BCUT2D eigenvalue weighted by Crippen LogP contribution is -2.46. The summed E-state index contributed by atoms with van der Waals surface area (Å²) >= 11 is 0. The number of nitrogens with one attached hydrogen (secondary N) is 2. The number of aromatic amines is 1. The van der Waals surface area contributed by atoms with E-state index in [2.05, 4.69) is 48.3 Å². The highest BCUT2D eigenvalue weighted by molar-refractivity contribution is 5.93. The van der Waals surface area contributed by atoms with Crippen LogP contribution < -0.4 is 15.0 Å². The minimum Gasteiger partial charge on any atom is -0.491 e. The number of para-hydroxylation sites is 1. The van der Waals surface area contributed by atoms with Crippen molar-refractivity contribution < 1.29 is 9.53 Å². The zero-order valence-electron chi connectivity index (χ0n) is 17.6. The van der Waals surface area contributed by atoms with Crippen molar-refractivity contribution in [3.8, 4) is 5.75 Å². The van der Waals surface area contributed by atoms with Gasteiger partial charge in [-0.05, 0) is 43.1 Å². The van der Waals surface area contributed by atoms with E-state index in [0.717, 1.165) is 64.3 Å². The third-order valence-corrected chi connectivity index (χ3v) is 6.06. The number of hydrogen-bond donors (Lipinski definition) is 2. The van der Waals surface area contributed by atoms with Gasteiger partial charge >= 0.3 is 0 Å². The van der Waals surface area contributed by atoms with Crippen LogP contribution in [0.2, 0.25) is 0 Å². The lowest BCUT2D eigenvalue weighted by Gasteiger charge is -2.36. The van der Waals surface area contributed by atoms with Gasteiger partial charge in [-0.25, -0.2) is 9.97 Å². The molecule has 162 valence electrons. The molecule has 1 fully saturated rings. The van der Waals surface area contributed by atoms with Crippen LogP contribution in [0.4, 0.5) is 5.69 Å². The Bertz CT molecular complexity index is 1020. The molecule has 31 heavy (non-hydrogen) atoms. The highest BCUT2D eigenvalue weighted by Crippen LogP contribution is 2.36. The SMILES string of the molecule is O=C(NCCCCN1CCN(c2cccc3c2OCC3)CC1)c1nc2cccnc2[nH]1. The molecule has 2 aliphatic rings. The third kappa shape index (κ3) is 4.34. The molecule has 4 heterocycles. The first-order chi connectivity index (χ1) is 15.3. The number of aromatic nitrogens is 3. The average Bonchev–Trinajstić information content (AvgIpc) is 3.46. The number of hydrogen-bond acceptors (Lipinski definition) is 6. The maximum atomic E-state index is 12.3. The smallest absolute Gasteiger partial charge is 0.287 e. The number of fused-ring (bicyclic) bond motifs is 2. The van der Waals surface area contributed by atoms with Crippen LogP contribution in [0, 0.1) is 0 Å². The zero-order valence-corrected chi connectivity index (χ0v) is 17.6. The molecule has 2 N–H and O–H groups in total. The average molecular weight is 421 g/mol. The van der Waals surface area contributed by atoms with Crippen LogP contribution in [0.3, 0.4) is 0 Å². The standard InChI is InChI=1S/C23H28N6O2/c30-23(22-26-18-6-4-10-24-21(18)27-22)25-9-1-2-11-28-12-14-29(15-13-28)19-7-3-5-17-8-16-31-20(17)19/h3-7,10H,1-2,8-9,11-16H2,(H,25,30)(H,24,26,27). The van der Waals surface area contributed by atoms with Gasteiger partial charge in [-0.3, -0.25) is 9.69 Å². The molecule has 8 nitrogen and oxygen atoms in total. The Labute approximate surface area is 181 Å². The summed E-state index contributed by atoms with van der Waals surface area (Å²) in [7, 11) is 0. The number of unbranched alkanes of at least 4 members (excludes halogenated alkanes) is 1. The van der Waals surface area contributed by atoms with E-state index in [-0.39, 0.29) is 5.91 Å². The summed E-state index contributed by atoms with van der Waals surface area (Å²) in [5.41, 5.74) is 3.93. The molecule has 1 saturated heterocycles. The molecule has 0 spiro atoms. The highest BCUT2D eigenvalue weighted by Gasteiger charge is 2.23. The monoisotopic (exact) mass is 420 g/mol. The lowest BCUT2D eigenvalue weighted by atomic mass is 10.1. The summed E-state index contributed by atoms with van der Waals surface area (Å²) in [4.78, 5) is 28.7. The van der Waals surface area contributed by atoms with Crippen LogP contribution in [-0.2, 0) is 6.42 Å². The fraction of sp³-hybridized carbons (Fsp3) is 0.435. The summed E-state index contributed by atoms with van der Waals surface area (Å²) in [6.45, 7) is 6.67. The van der Waals surface area contributed by atoms with Crippen LogP contribution in [0.1, 0.15) is 29.0 Å². The van der Waals surface area contributed by atoms with Gasteiger partial charge in [-0.2, -0.15) is 0 Å². The minimum atomic E-state index is -0.177. The van der Waals surface area contributed by atoms with Gasteiger partial charge in [-0.1, -0.05) is 12.1 Å². The number of amides is 1. The Kier molecular flexibility index (Phi) is 5.71. The summed E-state index contributed by atoms with van der Waals surface area (Å²) in [6.07, 6.45) is 4.71. The van der Waals surface area contributed by atoms with Gasteiger partial charge in [0.05, 0.1) is 12.3 Å². The number of pyridine rings is 1. The molecule has 0 saturated carbocycles. The van der Waals surface area contributed by atoms with Crippen LogP contribution in [0.15, 0.2) is 36.5 Å². The fourth-order valence-electron chi connectivity index (χ4n) is 4.36. The Balaban J connectivity index is 1.02. The molecule has 3 aromatic rings. The van der Waals surface area contributed by atoms with Gasteiger partial charge in [0, 0.05) is 45.3 Å². The fourth-order valence-corrected chi connectivity index (χ4v) is 4.36. The van der Waals surface area contributed by atoms with Gasteiger partial charge in [-0.15, -0.1) is 0 Å². The second-order valence-electron chi connectivity index (χ2n) is 8.11. The van der Waals surface area contributed by atoms with Crippen LogP contribution >= 0.6 is 0 Å². The molecule has 0 unspecified atom stereocenters. The maximum Gasteiger partial charge on any atom is 0.287 e. The number of H-pyrrole nitrogens is 1. The highest BCUT2D eigenvalue weighted by atomic mass is 16.5. The molecule has 0 aliphatic carbocycles. The van der Waals surface area contributed by atoms with Crippen molar-refractivity contribution in [3.05, 3.63) is 47.9 Å². The van der Waals surface area contributed by atoms with Crippen LogP contribution in [-0.4, -0.2) is 71.6 Å². The normalized spacial score (nSPS) is 16.3. The van der Waals surface area contributed by atoms with E-state index in [4.69, 9.17) is 4.74 Å². The molecular weight excluding hydrogens is 392 g/mol. The van der Waals surface area contributed by atoms with Gasteiger partial charge in [0.2, 0.25) is 0 Å². The molecule has 0 atom stereocenters. The van der Waals surface area contributed by atoms with Crippen molar-refractivity contribution in [3.63, 3.8) is 0 Å². The molecule has 0 bridgehead atoms. The molecule has 0 radical (unpaired) electrons. The first-order valence-corrected chi connectivity index (χ1v) is 11.1. The van der Waals surface area contributed by atoms with E-state index in [9.17, 15) is 4.79 Å². The second-order valence-corrected chi connectivity index (χ2v) is 8.11. The number of imidazole rings is 1. The molecule has 5 rings (SSSR count). The molecule has 2 aliphatic heterocycles. The van der Waals surface area contributed by atoms with Crippen molar-refractivity contribution in [1.29, 1.82) is 0 Å². The predicted octanol–water partition coefficient (Wildman–Crippen LogP) is 2.22. The lowest BCUT2D eigenvalue weighted by molar-refractivity contribution is 0.0943. The quantitative estimate of drug-likeness (QED) is 0.570. The van der Waals surface area contributed by atoms with E-state index >= 15 is 0 Å². The van der Waals surface area contributed by atoms with Gasteiger partial charge < -0.3 is 19.9 Å². The number of benzene rings is 1. The van der Waals surface area contributed by atoms with Crippen molar-refractivity contribution in [1.82, 2.24) is 25.2 Å². The van der Waals surface area contributed by atoms with Crippen molar-refractivity contribution in [2.24, 2.45) is 0 Å². The summed E-state index contributed by atoms with van der Waals surface area (Å²) in [5.74, 6) is 1.23. The first kappa shape index (κ1) is 19.8. The summed E-state index contributed by atoms with van der Waals surface area (Å²) < 4.78 is 5.87. The van der Waals surface area contributed by atoms with E-state index in [1.807, 2.05) is 12.1 Å². The van der Waals surface area contributed by atoms with Crippen LogP contribution in [0.5, 0.6) is 5.75 Å². The maximum absolute atomic E-state index is 12.3. The topological polar surface area (TPSA) is 86.4 Å². The molecule has 8 heteroatoms. The predicted molar refractivity (Wildman–Crippen MR) is 120 cm³/mol. The second kappa shape index (κ2) is 8.93. The van der Waals surface area contributed by atoms with E-state index in [0.29, 0.717) is 23.5 Å². The Morgan fingerprint density at radius 3 is 2.90 bits per heavy atom.